The standard InChI is InChI=1S/C30H43NO7/c1-28(2,3)30(33,29(4,5)6)22-18(11-12-19(34-8)25(22)35-9)24(32)23-21-17(13-14-31(23)7)15-20-26(27(21)36-10)38-16-37-20/h11-12,15,23-24,32-33H,13-14,16H2,1-10H3/t23-,24+/m1/s1. The number of methoxy groups -OCH3 is 3. The van der Waals surface area contributed by atoms with Gasteiger partial charge >= 0.3 is 0 Å². The van der Waals surface area contributed by atoms with Gasteiger partial charge in [-0.05, 0) is 47.6 Å². The molecule has 2 aliphatic rings. The molecule has 8 nitrogen and oxygen atoms in total. The van der Waals surface area contributed by atoms with Gasteiger partial charge in [0.1, 0.15) is 5.60 Å². The molecule has 0 saturated carbocycles. The minimum atomic E-state index is -1.41. The molecular weight excluding hydrogens is 486 g/mol. The molecule has 2 atom stereocenters. The summed E-state index contributed by atoms with van der Waals surface area (Å²) in [5.41, 5.74) is 0.321. The third-order valence-electron chi connectivity index (χ3n) is 8.18. The Bertz CT molecular complexity index is 1180. The van der Waals surface area contributed by atoms with Crippen molar-refractivity contribution >= 4 is 0 Å². The van der Waals surface area contributed by atoms with Gasteiger partial charge in [0, 0.05) is 17.7 Å². The maximum atomic E-state index is 12.7. The van der Waals surface area contributed by atoms with Crippen molar-refractivity contribution in [2.75, 3.05) is 41.7 Å². The average molecular weight is 530 g/mol. The van der Waals surface area contributed by atoms with Gasteiger partial charge in [-0.1, -0.05) is 47.6 Å². The van der Waals surface area contributed by atoms with E-state index in [-0.39, 0.29) is 6.79 Å². The highest BCUT2D eigenvalue weighted by Crippen LogP contribution is 2.59. The number of aliphatic hydroxyl groups excluding tert-OH is 1. The molecule has 0 aliphatic carbocycles. The van der Waals surface area contributed by atoms with Crippen LogP contribution in [-0.4, -0.2) is 56.8 Å². The van der Waals surface area contributed by atoms with E-state index in [1.54, 1.807) is 27.4 Å². The Morgan fingerprint density at radius 1 is 0.947 bits per heavy atom. The van der Waals surface area contributed by atoms with Crippen LogP contribution in [0.4, 0.5) is 0 Å². The topological polar surface area (TPSA) is 89.9 Å². The molecule has 2 aromatic rings. The fourth-order valence-corrected chi connectivity index (χ4v) is 6.47. The van der Waals surface area contributed by atoms with Crippen molar-refractivity contribution in [3.05, 3.63) is 40.5 Å². The number of aliphatic hydroxyl groups is 2. The first-order chi connectivity index (χ1) is 17.7. The summed E-state index contributed by atoms with van der Waals surface area (Å²) in [4.78, 5) is 2.12. The van der Waals surface area contributed by atoms with Crippen LogP contribution in [-0.2, 0) is 12.0 Å². The number of likely N-dealkylation sites (N-methyl/N-ethyl adjacent to an activating group) is 1. The number of benzene rings is 2. The Morgan fingerprint density at radius 3 is 2.13 bits per heavy atom. The average Bonchev–Trinajstić information content (AvgIpc) is 3.32. The highest BCUT2D eigenvalue weighted by molar-refractivity contribution is 5.63. The second kappa shape index (κ2) is 9.81. The molecule has 210 valence electrons. The minimum Gasteiger partial charge on any atom is -0.493 e. The molecule has 0 radical (unpaired) electrons. The second-order valence-electron chi connectivity index (χ2n) is 12.3. The maximum absolute atomic E-state index is 12.7. The smallest absolute Gasteiger partial charge is 0.231 e. The third kappa shape index (κ3) is 4.17. The van der Waals surface area contributed by atoms with Crippen LogP contribution in [0.15, 0.2) is 18.2 Å². The first-order valence-corrected chi connectivity index (χ1v) is 13.1. The Kier molecular flexibility index (Phi) is 7.31. The molecule has 4 rings (SSSR count). The van der Waals surface area contributed by atoms with Gasteiger partial charge in [0.2, 0.25) is 12.5 Å². The summed E-state index contributed by atoms with van der Waals surface area (Å²) in [5, 5.41) is 25.0. The summed E-state index contributed by atoms with van der Waals surface area (Å²) in [6, 6.07) is 5.13. The maximum Gasteiger partial charge on any atom is 0.231 e. The van der Waals surface area contributed by atoms with E-state index in [2.05, 4.69) is 4.90 Å². The minimum absolute atomic E-state index is 0.127. The zero-order valence-corrected chi connectivity index (χ0v) is 24.4. The predicted octanol–water partition coefficient (Wildman–Crippen LogP) is 4.98. The Balaban J connectivity index is 2.02. The number of fused-ring (bicyclic) bond motifs is 2. The normalized spacial score (nSPS) is 18.7. The van der Waals surface area contributed by atoms with Crippen LogP contribution < -0.4 is 23.7 Å². The molecule has 2 heterocycles. The van der Waals surface area contributed by atoms with E-state index in [0.29, 0.717) is 39.9 Å². The fraction of sp³-hybridized carbons (Fsp3) is 0.600. The van der Waals surface area contributed by atoms with Crippen LogP contribution in [0.25, 0.3) is 0 Å². The molecule has 0 amide bonds. The summed E-state index contributed by atoms with van der Waals surface area (Å²) in [6.07, 6.45) is -0.270. The molecule has 8 heteroatoms. The monoisotopic (exact) mass is 529 g/mol. The van der Waals surface area contributed by atoms with E-state index >= 15 is 0 Å². The predicted molar refractivity (Wildman–Crippen MR) is 146 cm³/mol. The van der Waals surface area contributed by atoms with Crippen LogP contribution in [0.2, 0.25) is 0 Å². The van der Waals surface area contributed by atoms with Crippen LogP contribution in [0, 0.1) is 10.8 Å². The van der Waals surface area contributed by atoms with Crippen LogP contribution >= 0.6 is 0 Å². The van der Waals surface area contributed by atoms with Crippen molar-refractivity contribution in [3.8, 4) is 28.7 Å². The molecule has 0 saturated heterocycles. The molecule has 2 aromatic carbocycles. The first-order valence-electron chi connectivity index (χ1n) is 13.1. The summed E-state index contributed by atoms with van der Waals surface area (Å²) >= 11 is 0. The number of nitrogens with zero attached hydrogens (tertiary/aromatic N) is 1. The van der Waals surface area contributed by atoms with E-state index in [0.717, 1.165) is 24.1 Å². The summed E-state index contributed by atoms with van der Waals surface area (Å²) in [6.45, 7) is 12.8. The van der Waals surface area contributed by atoms with Crippen molar-refractivity contribution < 1.29 is 33.9 Å². The van der Waals surface area contributed by atoms with Gasteiger partial charge in [0.15, 0.2) is 23.0 Å². The molecule has 0 fully saturated rings. The third-order valence-corrected chi connectivity index (χ3v) is 8.18. The van der Waals surface area contributed by atoms with Gasteiger partial charge in [0.25, 0.3) is 0 Å². The lowest BCUT2D eigenvalue weighted by molar-refractivity contribution is -0.148. The number of ether oxygens (including phenoxy) is 5. The van der Waals surface area contributed by atoms with Gasteiger partial charge in [-0.25, -0.2) is 0 Å². The molecular formula is C30H43NO7. The summed E-state index contributed by atoms with van der Waals surface area (Å²) in [7, 11) is 6.73. The Hall–Kier alpha value is -2.68. The Morgan fingerprint density at radius 2 is 1.58 bits per heavy atom. The van der Waals surface area contributed by atoms with Crippen LogP contribution in [0.5, 0.6) is 28.7 Å². The Labute approximate surface area is 226 Å². The zero-order valence-electron chi connectivity index (χ0n) is 24.4. The van der Waals surface area contributed by atoms with E-state index in [9.17, 15) is 10.2 Å². The van der Waals surface area contributed by atoms with Gasteiger partial charge < -0.3 is 33.9 Å². The highest BCUT2D eigenvalue weighted by Gasteiger charge is 2.54. The molecule has 0 unspecified atom stereocenters. The molecule has 2 N–H and O–H groups in total. The largest absolute Gasteiger partial charge is 0.493 e. The lowest BCUT2D eigenvalue weighted by Crippen LogP contribution is -2.51. The summed E-state index contributed by atoms with van der Waals surface area (Å²) < 4.78 is 28.9. The van der Waals surface area contributed by atoms with Crippen LogP contribution in [0.1, 0.15) is 75.9 Å². The van der Waals surface area contributed by atoms with Crippen molar-refractivity contribution in [1.29, 1.82) is 0 Å². The van der Waals surface area contributed by atoms with E-state index in [1.807, 2.05) is 60.7 Å². The van der Waals surface area contributed by atoms with Gasteiger partial charge in [-0.15, -0.1) is 0 Å². The lowest BCUT2D eigenvalue weighted by atomic mass is 9.58. The lowest BCUT2D eigenvalue weighted by Gasteiger charge is -2.51. The van der Waals surface area contributed by atoms with Crippen molar-refractivity contribution in [2.45, 2.75) is 65.7 Å². The van der Waals surface area contributed by atoms with Crippen molar-refractivity contribution in [3.63, 3.8) is 0 Å². The number of rotatable bonds is 6. The molecule has 2 aliphatic heterocycles. The molecule has 38 heavy (non-hydrogen) atoms. The van der Waals surface area contributed by atoms with Crippen LogP contribution in [0.3, 0.4) is 0 Å². The number of hydrogen-bond donors (Lipinski definition) is 2. The van der Waals surface area contributed by atoms with Gasteiger partial charge in [0.05, 0.1) is 33.5 Å². The van der Waals surface area contributed by atoms with Crippen molar-refractivity contribution in [1.82, 2.24) is 4.90 Å². The quantitative estimate of drug-likeness (QED) is 0.542. The number of hydrogen-bond acceptors (Lipinski definition) is 8. The van der Waals surface area contributed by atoms with E-state index in [4.69, 9.17) is 23.7 Å². The van der Waals surface area contributed by atoms with Gasteiger partial charge in [-0.3, -0.25) is 4.90 Å². The van der Waals surface area contributed by atoms with E-state index < -0.39 is 28.6 Å². The van der Waals surface area contributed by atoms with E-state index in [1.165, 1.54) is 0 Å². The first kappa shape index (κ1) is 28.3. The summed E-state index contributed by atoms with van der Waals surface area (Å²) in [5.74, 6) is 2.67. The van der Waals surface area contributed by atoms with Crippen molar-refractivity contribution in [2.24, 2.45) is 10.8 Å². The highest BCUT2D eigenvalue weighted by atomic mass is 16.7. The second-order valence-corrected chi connectivity index (χ2v) is 12.3. The molecule has 0 bridgehead atoms. The molecule has 0 aromatic heterocycles. The molecule has 0 spiro atoms. The zero-order chi connectivity index (χ0) is 28.2. The SMILES string of the molecule is COc1ccc([C@H](O)[C@H]2c3c(cc4c(c3OC)OCO4)CCN2C)c(C(O)(C(C)(C)C)C(C)(C)C)c1OC. The van der Waals surface area contributed by atoms with Gasteiger partial charge in [-0.2, -0.15) is 0 Å². The fourth-order valence-electron chi connectivity index (χ4n) is 6.47.